The quantitative estimate of drug-likeness (QED) is 0.548. The van der Waals surface area contributed by atoms with E-state index in [9.17, 15) is 9.59 Å². The molecule has 0 aromatic rings. The Labute approximate surface area is 103 Å². The molecule has 1 atom stereocenters. The maximum absolute atomic E-state index is 11.9. The molecular weight excluding hydrogens is 216 g/mol. The topological polar surface area (TPSA) is 43.4 Å². The largest absolute Gasteiger partial charge is 0.450 e. The summed E-state index contributed by atoms with van der Waals surface area (Å²) in [6.07, 6.45) is 3.93. The van der Waals surface area contributed by atoms with Gasteiger partial charge in [0.2, 0.25) is 0 Å². The molecule has 1 aliphatic carbocycles. The highest BCUT2D eigenvalue weighted by Crippen LogP contribution is 2.33. The number of carbonyl (C=O) groups excluding carboxylic acids is 2. The molecule has 0 aromatic carbocycles. The van der Waals surface area contributed by atoms with Gasteiger partial charge in [-0.25, -0.2) is 0 Å². The van der Waals surface area contributed by atoms with E-state index in [0.717, 1.165) is 6.42 Å². The lowest BCUT2D eigenvalue weighted by molar-refractivity contribution is -0.175. The molecule has 0 saturated heterocycles. The van der Waals surface area contributed by atoms with Gasteiger partial charge in [-0.2, -0.15) is 0 Å². The summed E-state index contributed by atoms with van der Waals surface area (Å²) < 4.78 is 5.52. The van der Waals surface area contributed by atoms with E-state index in [4.69, 9.17) is 4.74 Å². The fourth-order valence-electron chi connectivity index (χ4n) is 1.76. The molecule has 0 spiro atoms. The number of allylic oxidation sites excluding steroid dienone is 1. The molecule has 0 aromatic heterocycles. The number of hydrogen-bond donors (Lipinski definition) is 0. The highest BCUT2D eigenvalue weighted by molar-refractivity contribution is 5.89. The Kier molecular flexibility index (Phi) is 3.80. The lowest BCUT2D eigenvalue weighted by Crippen LogP contribution is -2.45. The summed E-state index contributed by atoms with van der Waals surface area (Å²) in [5.41, 5.74) is -0.239. The average molecular weight is 238 g/mol. The van der Waals surface area contributed by atoms with E-state index >= 15 is 0 Å². The minimum absolute atomic E-state index is 0.0566. The molecule has 0 bridgehead atoms. The Morgan fingerprint density at radius 1 is 1.35 bits per heavy atom. The van der Waals surface area contributed by atoms with Gasteiger partial charge in [0.1, 0.15) is 0 Å². The lowest BCUT2D eigenvalue weighted by Gasteiger charge is -2.35. The van der Waals surface area contributed by atoms with Gasteiger partial charge in [0.05, 0.1) is 5.41 Å². The maximum Gasteiger partial charge on any atom is 0.312 e. The summed E-state index contributed by atoms with van der Waals surface area (Å²) >= 11 is 0. The van der Waals surface area contributed by atoms with Crippen LogP contribution in [0.4, 0.5) is 0 Å². The molecule has 3 heteroatoms. The predicted octanol–water partition coefficient (Wildman–Crippen LogP) is 3.03. The Morgan fingerprint density at radius 3 is 2.29 bits per heavy atom. The summed E-state index contributed by atoms with van der Waals surface area (Å²) in [6, 6.07) is 0. The minimum Gasteiger partial charge on any atom is -0.450 e. The molecule has 96 valence electrons. The molecule has 0 amide bonds. The van der Waals surface area contributed by atoms with Crippen molar-refractivity contribution < 1.29 is 14.3 Å². The summed E-state index contributed by atoms with van der Waals surface area (Å²) in [6.45, 7) is 8.94. The molecule has 0 saturated carbocycles. The molecule has 1 rings (SSSR count). The van der Waals surface area contributed by atoms with Crippen LogP contribution in [-0.2, 0) is 14.3 Å². The van der Waals surface area contributed by atoms with Gasteiger partial charge in [-0.3, -0.25) is 9.59 Å². The second-order valence-electron chi connectivity index (χ2n) is 5.94. The van der Waals surface area contributed by atoms with Crippen LogP contribution in [0.1, 0.15) is 53.9 Å². The number of hydrogen-bond acceptors (Lipinski definition) is 3. The zero-order valence-electron chi connectivity index (χ0n) is 11.4. The van der Waals surface area contributed by atoms with Crippen molar-refractivity contribution >= 4 is 11.8 Å². The summed E-state index contributed by atoms with van der Waals surface area (Å²) in [4.78, 5) is 23.7. The van der Waals surface area contributed by atoms with Gasteiger partial charge in [0, 0.05) is 6.42 Å². The van der Waals surface area contributed by atoms with E-state index in [0.29, 0.717) is 12.8 Å². The molecule has 0 radical (unpaired) electrons. The van der Waals surface area contributed by atoms with E-state index in [1.165, 1.54) is 12.5 Å². The van der Waals surface area contributed by atoms with Crippen LogP contribution in [0, 0.1) is 5.41 Å². The van der Waals surface area contributed by atoms with Gasteiger partial charge in [-0.15, -0.1) is 0 Å². The van der Waals surface area contributed by atoms with Crippen molar-refractivity contribution in [3.8, 4) is 0 Å². The zero-order valence-corrected chi connectivity index (χ0v) is 11.4. The molecular formula is C14H22O3. The van der Waals surface area contributed by atoms with Crippen LogP contribution in [0.25, 0.3) is 0 Å². The number of rotatable bonds is 2. The number of ether oxygens (including phenoxy) is 1. The fourth-order valence-corrected chi connectivity index (χ4v) is 1.76. The van der Waals surface area contributed by atoms with Gasteiger partial charge in [-0.05, 0) is 47.5 Å². The Hall–Kier alpha value is -1.12. The number of carbonyl (C=O) groups is 2. The number of esters is 1. The standard InChI is InChI=1S/C14H22O3/c1-10-6-8-14(9-7-10,11(2)15)17-12(16)13(3,4)5/h6H,7-9H2,1-5H3/t14-/m0/s1. The zero-order chi connectivity index (χ0) is 13.3. The van der Waals surface area contributed by atoms with Crippen molar-refractivity contribution in [2.75, 3.05) is 0 Å². The van der Waals surface area contributed by atoms with Gasteiger partial charge in [0.15, 0.2) is 11.4 Å². The third-order valence-electron chi connectivity index (χ3n) is 3.25. The molecule has 17 heavy (non-hydrogen) atoms. The maximum atomic E-state index is 11.9. The second kappa shape index (κ2) is 4.63. The van der Waals surface area contributed by atoms with Crippen LogP contribution in [-0.4, -0.2) is 17.4 Å². The highest BCUT2D eigenvalue weighted by atomic mass is 16.6. The molecule has 0 heterocycles. The van der Waals surface area contributed by atoms with Crippen LogP contribution in [0.2, 0.25) is 0 Å². The smallest absolute Gasteiger partial charge is 0.312 e. The summed E-state index contributed by atoms with van der Waals surface area (Å²) in [5.74, 6) is -0.362. The molecule has 0 fully saturated rings. The number of Topliss-reactive ketones (excluding diaryl/α,β-unsaturated/α-hetero) is 1. The first-order chi connectivity index (χ1) is 7.67. The first-order valence-electron chi connectivity index (χ1n) is 6.07. The second-order valence-corrected chi connectivity index (χ2v) is 5.94. The summed E-state index contributed by atoms with van der Waals surface area (Å²) in [5, 5.41) is 0. The predicted molar refractivity (Wildman–Crippen MR) is 66.6 cm³/mol. The Balaban J connectivity index is 2.89. The SMILES string of the molecule is CC(=O)[C@]1(OC(=O)C(C)(C)C)CC=C(C)CC1. The van der Waals surface area contributed by atoms with Gasteiger partial charge < -0.3 is 4.74 Å². The van der Waals surface area contributed by atoms with Crippen molar-refractivity contribution in [3.05, 3.63) is 11.6 Å². The van der Waals surface area contributed by atoms with Gasteiger partial charge in [0.25, 0.3) is 0 Å². The van der Waals surface area contributed by atoms with E-state index in [-0.39, 0.29) is 11.8 Å². The number of ketones is 1. The van der Waals surface area contributed by atoms with Crippen molar-refractivity contribution in [1.29, 1.82) is 0 Å². The third-order valence-corrected chi connectivity index (χ3v) is 3.25. The van der Waals surface area contributed by atoms with Crippen molar-refractivity contribution in [2.24, 2.45) is 5.41 Å². The van der Waals surface area contributed by atoms with Crippen LogP contribution in [0.5, 0.6) is 0 Å². The van der Waals surface area contributed by atoms with E-state index in [1.54, 1.807) is 20.8 Å². The minimum atomic E-state index is -0.927. The van der Waals surface area contributed by atoms with Crippen molar-refractivity contribution in [3.63, 3.8) is 0 Å². The molecule has 1 aliphatic rings. The van der Waals surface area contributed by atoms with Crippen LogP contribution in [0.15, 0.2) is 11.6 Å². The van der Waals surface area contributed by atoms with Crippen LogP contribution in [0.3, 0.4) is 0 Å². The Bertz CT molecular complexity index is 360. The van der Waals surface area contributed by atoms with Crippen LogP contribution < -0.4 is 0 Å². The van der Waals surface area contributed by atoms with E-state index in [1.807, 2.05) is 13.0 Å². The lowest BCUT2D eigenvalue weighted by atomic mass is 9.82. The Morgan fingerprint density at radius 2 is 1.94 bits per heavy atom. The average Bonchev–Trinajstić information content (AvgIpc) is 2.20. The molecule has 0 unspecified atom stereocenters. The normalized spacial score (nSPS) is 25.1. The van der Waals surface area contributed by atoms with Crippen molar-refractivity contribution in [2.45, 2.75) is 59.5 Å². The van der Waals surface area contributed by atoms with Gasteiger partial charge in [-0.1, -0.05) is 11.6 Å². The van der Waals surface area contributed by atoms with E-state index < -0.39 is 11.0 Å². The molecule has 0 N–H and O–H groups in total. The highest BCUT2D eigenvalue weighted by Gasteiger charge is 2.42. The first kappa shape index (κ1) is 13.9. The monoisotopic (exact) mass is 238 g/mol. The first-order valence-corrected chi connectivity index (χ1v) is 6.07. The van der Waals surface area contributed by atoms with Crippen molar-refractivity contribution in [1.82, 2.24) is 0 Å². The third kappa shape index (κ3) is 3.18. The van der Waals surface area contributed by atoms with E-state index in [2.05, 4.69) is 0 Å². The molecule has 3 nitrogen and oxygen atoms in total. The molecule has 0 aliphatic heterocycles. The van der Waals surface area contributed by atoms with Gasteiger partial charge >= 0.3 is 5.97 Å². The summed E-state index contributed by atoms with van der Waals surface area (Å²) in [7, 11) is 0. The fraction of sp³-hybridized carbons (Fsp3) is 0.714. The van der Waals surface area contributed by atoms with Crippen LogP contribution >= 0.6 is 0 Å².